The Balaban J connectivity index is 2.49. The van der Waals surface area contributed by atoms with Gasteiger partial charge in [0.1, 0.15) is 18.3 Å². The van der Waals surface area contributed by atoms with Crippen molar-refractivity contribution in [2.24, 2.45) is 0 Å². The number of fused-ring (bicyclic) bond motifs is 1. The Hall–Kier alpha value is -1.74. The van der Waals surface area contributed by atoms with Gasteiger partial charge in [-0.15, -0.1) is 6.42 Å². The van der Waals surface area contributed by atoms with Crippen molar-refractivity contribution in [3.8, 4) is 18.4 Å². The zero-order valence-electron chi connectivity index (χ0n) is 7.95. The molecule has 3 nitrogen and oxygen atoms in total. The van der Waals surface area contributed by atoms with E-state index in [9.17, 15) is 0 Å². The van der Waals surface area contributed by atoms with Crippen LogP contribution in [0.1, 0.15) is 29.8 Å². The molecule has 0 atom stereocenters. The van der Waals surface area contributed by atoms with Crippen molar-refractivity contribution < 1.29 is 0 Å². The second-order valence-corrected chi connectivity index (χ2v) is 3.45. The standard InChI is InChI=1S/C11H11N3/c1-2-7-14-11(8-12)9-5-3-4-6-10(9)13-14/h1H,3-7H2. The highest BCUT2D eigenvalue weighted by Gasteiger charge is 2.19. The first-order valence-corrected chi connectivity index (χ1v) is 4.79. The molecule has 0 aliphatic heterocycles. The van der Waals surface area contributed by atoms with Crippen LogP contribution in [0.3, 0.4) is 0 Å². The second kappa shape index (κ2) is 3.55. The van der Waals surface area contributed by atoms with Crippen LogP contribution in [0.2, 0.25) is 0 Å². The van der Waals surface area contributed by atoms with Crippen molar-refractivity contribution in [1.29, 1.82) is 5.26 Å². The third kappa shape index (κ3) is 1.28. The van der Waals surface area contributed by atoms with Crippen LogP contribution in [0.25, 0.3) is 0 Å². The number of aromatic nitrogens is 2. The molecule has 0 N–H and O–H groups in total. The number of hydrogen-bond acceptors (Lipinski definition) is 2. The number of hydrogen-bond donors (Lipinski definition) is 0. The molecule has 0 unspecified atom stereocenters. The van der Waals surface area contributed by atoms with Gasteiger partial charge in [-0.2, -0.15) is 10.4 Å². The predicted octanol–water partition coefficient (Wildman–Crippen LogP) is 1.27. The van der Waals surface area contributed by atoms with E-state index < -0.39 is 0 Å². The van der Waals surface area contributed by atoms with Gasteiger partial charge in [0.2, 0.25) is 0 Å². The fourth-order valence-corrected chi connectivity index (χ4v) is 1.93. The average molecular weight is 185 g/mol. The monoisotopic (exact) mass is 185 g/mol. The van der Waals surface area contributed by atoms with E-state index in [1.165, 1.54) is 6.42 Å². The van der Waals surface area contributed by atoms with E-state index in [0.717, 1.165) is 30.5 Å². The van der Waals surface area contributed by atoms with Gasteiger partial charge in [0, 0.05) is 5.56 Å². The summed E-state index contributed by atoms with van der Waals surface area (Å²) in [5.41, 5.74) is 2.86. The Morgan fingerprint density at radius 2 is 2.21 bits per heavy atom. The molecular weight excluding hydrogens is 174 g/mol. The Labute approximate surface area is 83.3 Å². The molecule has 0 radical (unpaired) electrons. The van der Waals surface area contributed by atoms with Crippen LogP contribution in [0.5, 0.6) is 0 Å². The molecule has 2 rings (SSSR count). The molecular formula is C11H11N3. The minimum atomic E-state index is 0.399. The minimum Gasteiger partial charge on any atom is -0.242 e. The average Bonchev–Trinajstić information content (AvgIpc) is 2.55. The topological polar surface area (TPSA) is 41.6 Å². The summed E-state index contributed by atoms with van der Waals surface area (Å²) in [5, 5.41) is 13.4. The number of aryl methyl sites for hydroxylation is 1. The first-order chi connectivity index (χ1) is 6.86. The van der Waals surface area contributed by atoms with E-state index in [4.69, 9.17) is 11.7 Å². The number of nitrogens with zero attached hydrogens (tertiary/aromatic N) is 3. The summed E-state index contributed by atoms with van der Waals surface area (Å²) in [6, 6.07) is 2.19. The van der Waals surface area contributed by atoms with E-state index >= 15 is 0 Å². The number of rotatable bonds is 1. The Bertz CT molecular complexity index is 429. The summed E-state index contributed by atoms with van der Waals surface area (Å²) in [5.74, 6) is 2.52. The molecule has 1 heterocycles. The molecule has 3 heteroatoms. The SMILES string of the molecule is C#CCn1nc2c(c1C#N)CCCC2. The van der Waals surface area contributed by atoms with Gasteiger partial charge < -0.3 is 0 Å². The fourth-order valence-electron chi connectivity index (χ4n) is 1.93. The van der Waals surface area contributed by atoms with Crippen molar-refractivity contribution >= 4 is 0 Å². The zero-order valence-corrected chi connectivity index (χ0v) is 7.95. The van der Waals surface area contributed by atoms with Gasteiger partial charge in [0.15, 0.2) is 0 Å². The number of terminal acetylenes is 1. The van der Waals surface area contributed by atoms with Crippen LogP contribution < -0.4 is 0 Å². The molecule has 70 valence electrons. The lowest BCUT2D eigenvalue weighted by molar-refractivity contribution is 0.654. The van der Waals surface area contributed by atoms with Gasteiger partial charge in [-0.1, -0.05) is 5.92 Å². The van der Waals surface area contributed by atoms with Gasteiger partial charge >= 0.3 is 0 Å². The molecule has 0 saturated carbocycles. The van der Waals surface area contributed by atoms with Gasteiger partial charge in [-0.3, -0.25) is 0 Å². The van der Waals surface area contributed by atoms with E-state index in [1.807, 2.05) is 0 Å². The third-order valence-electron chi connectivity index (χ3n) is 2.57. The summed E-state index contributed by atoms with van der Waals surface area (Å²) < 4.78 is 1.65. The van der Waals surface area contributed by atoms with Gasteiger partial charge in [-0.05, 0) is 25.7 Å². The van der Waals surface area contributed by atoms with E-state index in [2.05, 4.69) is 17.1 Å². The van der Waals surface area contributed by atoms with Crippen LogP contribution in [-0.2, 0) is 19.4 Å². The lowest BCUT2D eigenvalue weighted by Crippen LogP contribution is -2.01. The van der Waals surface area contributed by atoms with Crippen LogP contribution in [0.4, 0.5) is 0 Å². The Morgan fingerprint density at radius 1 is 1.43 bits per heavy atom. The lowest BCUT2D eigenvalue weighted by Gasteiger charge is -2.07. The maximum atomic E-state index is 9.01. The first-order valence-electron chi connectivity index (χ1n) is 4.79. The normalized spacial score (nSPS) is 14.1. The minimum absolute atomic E-state index is 0.399. The predicted molar refractivity (Wildman–Crippen MR) is 52.4 cm³/mol. The highest BCUT2D eigenvalue weighted by molar-refractivity contribution is 5.37. The van der Waals surface area contributed by atoms with E-state index in [1.54, 1.807) is 4.68 Å². The fraction of sp³-hybridized carbons (Fsp3) is 0.455. The summed E-state index contributed by atoms with van der Waals surface area (Å²) in [7, 11) is 0. The van der Waals surface area contributed by atoms with Gasteiger partial charge in [0.05, 0.1) is 5.69 Å². The van der Waals surface area contributed by atoms with Crippen molar-refractivity contribution in [2.45, 2.75) is 32.2 Å². The largest absolute Gasteiger partial charge is 0.242 e. The van der Waals surface area contributed by atoms with Gasteiger partial charge in [0.25, 0.3) is 0 Å². The molecule has 0 aromatic carbocycles. The van der Waals surface area contributed by atoms with Crippen LogP contribution in [0, 0.1) is 23.7 Å². The highest BCUT2D eigenvalue weighted by atomic mass is 15.3. The molecule has 1 aromatic heterocycles. The van der Waals surface area contributed by atoms with Crippen molar-refractivity contribution in [3.05, 3.63) is 17.0 Å². The first kappa shape index (κ1) is 8.84. The summed E-state index contributed by atoms with van der Waals surface area (Å²) in [4.78, 5) is 0. The zero-order chi connectivity index (χ0) is 9.97. The molecule has 1 aliphatic carbocycles. The van der Waals surface area contributed by atoms with Crippen molar-refractivity contribution in [1.82, 2.24) is 9.78 Å². The Kier molecular flexibility index (Phi) is 2.24. The maximum absolute atomic E-state index is 9.01. The Morgan fingerprint density at radius 3 is 2.93 bits per heavy atom. The van der Waals surface area contributed by atoms with E-state index in [0.29, 0.717) is 12.2 Å². The number of nitriles is 1. The molecule has 0 amide bonds. The van der Waals surface area contributed by atoms with Gasteiger partial charge in [-0.25, -0.2) is 4.68 Å². The third-order valence-corrected chi connectivity index (χ3v) is 2.57. The molecule has 0 fully saturated rings. The van der Waals surface area contributed by atoms with Crippen molar-refractivity contribution in [3.63, 3.8) is 0 Å². The van der Waals surface area contributed by atoms with Crippen LogP contribution >= 0.6 is 0 Å². The van der Waals surface area contributed by atoms with Crippen LogP contribution in [0.15, 0.2) is 0 Å². The maximum Gasteiger partial charge on any atom is 0.143 e. The summed E-state index contributed by atoms with van der Waals surface area (Å²) in [6.07, 6.45) is 9.51. The van der Waals surface area contributed by atoms with Crippen molar-refractivity contribution in [2.75, 3.05) is 0 Å². The quantitative estimate of drug-likeness (QED) is 0.618. The molecule has 1 aromatic rings. The van der Waals surface area contributed by atoms with Crippen LogP contribution in [-0.4, -0.2) is 9.78 Å². The highest BCUT2D eigenvalue weighted by Crippen LogP contribution is 2.23. The second-order valence-electron chi connectivity index (χ2n) is 3.45. The van der Waals surface area contributed by atoms with E-state index in [-0.39, 0.29) is 0 Å². The molecule has 0 spiro atoms. The summed E-state index contributed by atoms with van der Waals surface area (Å²) in [6.45, 7) is 0.399. The molecule has 0 bridgehead atoms. The molecule has 1 aliphatic rings. The summed E-state index contributed by atoms with van der Waals surface area (Å²) >= 11 is 0. The lowest BCUT2D eigenvalue weighted by atomic mass is 9.96. The molecule has 14 heavy (non-hydrogen) atoms. The molecule has 0 saturated heterocycles. The smallest absolute Gasteiger partial charge is 0.143 e.